The first-order chi connectivity index (χ1) is 6.94. The summed E-state index contributed by atoms with van der Waals surface area (Å²) in [4.78, 5) is 0. The molecular weight excluding hydrogens is 294 g/mol. The van der Waals surface area contributed by atoms with Crippen LogP contribution in [0.15, 0.2) is 0 Å². The molecule has 0 amide bonds. The van der Waals surface area contributed by atoms with Gasteiger partial charge in [0.2, 0.25) is 0 Å². The maximum atomic E-state index is 10.8. The van der Waals surface area contributed by atoms with Gasteiger partial charge in [0.15, 0.2) is 0 Å². The Morgan fingerprint density at radius 1 is 0.875 bits per heavy atom. The third kappa shape index (κ3) is 6.18. The van der Waals surface area contributed by atoms with Crippen molar-refractivity contribution in [2.45, 2.75) is 23.1 Å². The van der Waals surface area contributed by atoms with Crippen LogP contribution in [-0.4, -0.2) is 53.7 Å². The molecule has 0 fully saturated rings. The van der Waals surface area contributed by atoms with Gasteiger partial charge < -0.3 is 30.6 Å². The molecule has 16 heavy (non-hydrogen) atoms. The molecule has 0 saturated carbocycles. The van der Waals surface area contributed by atoms with E-state index in [-0.39, 0.29) is 0 Å². The van der Waals surface area contributed by atoms with E-state index in [9.17, 15) is 4.57 Å². The van der Waals surface area contributed by atoms with Gasteiger partial charge in [-0.05, 0) is 0 Å². The lowest BCUT2D eigenvalue weighted by atomic mass is 10.6. The van der Waals surface area contributed by atoms with Crippen LogP contribution in [0.1, 0.15) is 0 Å². The van der Waals surface area contributed by atoms with Gasteiger partial charge in [0.05, 0.1) is 0 Å². The molecule has 96 valence electrons. The smallest absolute Gasteiger partial charge is 0.340 e. The molecule has 12 heteroatoms. The lowest BCUT2D eigenvalue weighted by molar-refractivity contribution is -0.338. The minimum absolute atomic E-state index is 2.26. The highest BCUT2D eigenvalue weighted by atomic mass is 35.5. The second-order valence-corrected chi connectivity index (χ2v) is 4.10. The van der Waals surface area contributed by atoms with Crippen molar-refractivity contribution in [2.75, 3.05) is 0 Å². The molecular formula is C4H8Cl2O9P+. The molecule has 0 radical (unpaired) electrons. The Hall–Kier alpha value is 0.360. The summed E-state index contributed by atoms with van der Waals surface area (Å²) in [6, 6.07) is 0. The van der Waals surface area contributed by atoms with Crippen molar-refractivity contribution < 1.29 is 44.3 Å². The second kappa shape index (κ2) is 5.80. The zero-order chi connectivity index (χ0) is 13.1. The van der Waals surface area contributed by atoms with Crippen LogP contribution in [0.4, 0.5) is 0 Å². The SMILES string of the molecule is O=[P+](OC(Cl)C(O)(O)O)OC(Cl)C(O)(O)O. The van der Waals surface area contributed by atoms with Crippen molar-refractivity contribution in [3.05, 3.63) is 0 Å². The minimum atomic E-state index is -3.49. The van der Waals surface area contributed by atoms with Crippen LogP contribution in [0.2, 0.25) is 0 Å². The molecule has 6 N–H and O–H groups in total. The fourth-order valence-electron chi connectivity index (χ4n) is 0.317. The van der Waals surface area contributed by atoms with E-state index in [2.05, 4.69) is 9.05 Å². The summed E-state index contributed by atoms with van der Waals surface area (Å²) >= 11 is 9.97. The van der Waals surface area contributed by atoms with Gasteiger partial charge in [0.1, 0.15) is 0 Å². The molecule has 9 nitrogen and oxygen atoms in total. The Morgan fingerprint density at radius 3 is 1.31 bits per heavy atom. The first-order valence-corrected chi connectivity index (χ1v) is 5.34. The largest absolute Gasteiger partial charge is 0.701 e. The van der Waals surface area contributed by atoms with Crippen LogP contribution in [0, 0.1) is 0 Å². The summed E-state index contributed by atoms with van der Waals surface area (Å²) in [5, 5.41) is 50.5. The summed E-state index contributed by atoms with van der Waals surface area (Å²) in [6.45, 7) is 0. The highest BCUT2D eigenvalue weighted by Crippen LogP contribution is 2.34. The highest BCUT2D eigenvalue weighted by Gasteiger charge is 2.45. The predicted octanol–water partition coefficient (Wildman–Crippen LogP) is -1.93. The Morgan fingerprint density at radius 2 is 1.12 bits per heavy atom. The zero-order valence-electron chi connectivity index (χ0n) is 7.27. The maximum Gasteiger partial charge on any atom is 0.701 e. The molecule has 2 atom stereocenters. The zero-order valence-corrected chi connectivity index (χ0v) is 9.67. The first-order valence-electron chi connectivity index (χ1n) is 3.37. The van der Waals surface area contributed by atoms with Gasteiger partial charge >= 0.3 is 20.2 Å². The van der Waals surface area contributed by atoms with Crippen molar-refractivity contribution in [1.29, 1.82) is 0 Å². The number of alkyl halides is 2. The van der Waals surface area contributed by atoms with E-state index in [1.54, 1.807) is 0 Å². The number of aliphatic hydroxyl groups is 6. The summed E-state index contributed by atoms with van der Waals surface area (Å²) in [5.41, 5.74) is -4.52. The number of rotatable bonds is 6. The van der Waals surface area contributed by atoms with Gasteiger partial charge in [0, 0.05) is 4.57 Å². The fraction of sp³-hybridized carbons (Fsp3) is 1.00. The Labute approximate surface area is 99.3 Å². The van der Waals surface area contributed by atoms with E-state index in [0.29, 0.717) is 0 Å². The molecule has 0 aliphatic rings. The monoisotopic (exact) mass is 301 g/mol. The molecule has 0 aromatic carbocycles. The maximum absolute atomic E-state index is 10.8. The van der Waals surface area contributed by atoms with Crippen LogP contribution in [0.25, 0.3) is 0 Å². The van der Waals surface area contributed by atoms with Crippen molar-refractivity contribution in [3.8, 4) is 0 Å². The third-order valence-corrected chi connectivity index (χ3v) is 2.74. The molecule has 0 saturated heterocycles. The van der Waals surface area contributed by atoms with E-state index in [1.165, 1.54) is 0 Å². The van der Waals surface area contributed by atoms with Crippen LogP contribution in [-0.2, 0) is 13.6 Å². The topological polar surface area (TPSA) is 157 Å². The highest BCUT2D eigenvalue weighted by molar-refractivity contribution is 7.33. The Bertz CT molecular complexity index is 223. The van der Waals surface area contributed by atoms with Crippen molar-refractivity contribution in [2.24, 2.45) is 0 Å². The third-order valence-electron chi connectivity index (χ3n) is 0.966. The molecule has 0 bridgehead atoms. The van der Waals surface area contributed by atoms with Gasteiger partial charge in [-0.25, -0.2) is 0 Å². The van der Waals surface area contributed by atoms with Gasteiger partial charge in [-0.1, -0.05) is 32.2 Å². The average molecular weight is 302 g/mol. The van der Waals surface area contributed by atoms with E-state index in [1.807, 2.05) is 0 Å². The predicted molar refractivity (Wildman–Crippen MR) is 47.8 cm³/mol. The lowest BCUT2D eigenvalue weighted by Crippen LogP contribution is -2.40. The Kier molecular flexibility index (Phi) is 5.93. The summed E-state index contributed by atoms with van der Waals surface area (Å²) in [5.74, 6) is -6.99. The number of hydrogen-bond acceptors (Lipinski definition) is 9. The van der Waals surface area contributed by atoms with Crippen molar-refractivity contribution >= 4 is 31.5 Å². The first kappa shape index (κ1) is 16.4. The number of hydrogen-bond donors (Lipinski definition) is 6. The van der Waals surface area contributed by atoms with Crippen LogP contribution >= 0.6 is 31.5 Å². The molecule has 0 aromatic heterocycles. The molecule has 0 aliphatic carbocycles. The van der Waals surface area contributed by atoms with Crippen molar-refractivity contribution in [3.63, 3.8) is 0 Å². The number of halogens is 2. The molecule has 0 heterocycles. The quantitative estimate of drug-likeness (QED) is 0.187. The van der Waals surface area contributed by atoms with Crippen LogP contribution in [0.5, 0.6) is 0 Å². The van der Waals surface area contributed by atoms with E-state index in [4.69, 9.17) is 53.8 Å². The Balaban J connectivity index is 4.21. The molecule has 0 rings (SSSR count). The second-order valence-electron chi connectivity index (χ2n) is 2.44. The average Bonchev–Trinajstić information content (AvgIpc) is 1.99. The van der Waals surface area contributed by atoms with Crippen LogP contribution < -0.4 is 0 Å². The van der Waals surface area contributed by atoms with E-state index < -0.39 is 31.3 Å². The van der Waals surface area contributed by atoms with Gasteiger partial charge in [-0.15, -0.1) is 0 Å². The standard InChI is InChI=1S/C4H8Cl2O9P/c5-1(3(7,8)9)14-16(13)15-2(6)4(10,11)12/h1-2,7-12H/q+1. The van der Waals surface area contributed by atoms with Crippen LogP contribution in [0.3, 0.4) is 0 Å². The normalized spacial score (nSPS) is 18.1. The minimum Gasteiger partial charge on any atom is -0.340 e. The van der Waals surface area contributed by atoms with Gasteiger partial charge in [-0.3, -0.25) is 0 Å². The fourth-order valence-corrected chi connectivity index (χ4v) is 1.34. The summed E-state index contributed by atoms with van der Waals surface area (Å²) < 4.78 is 18.8. The van der Waals surface area contributed by atoms with Crippen molar-refractivity contribution in [1.82, 2.24) is 0 Å². The molecule has 0 spiro atoms. The lowest BCUT2D eigenvalue weighted by Gasteiger charge is -2.16. The molecule has 0 aromatic rings. The van der Waals surface area contributed by atoms with E-state index in [0.717, 1.165) is 0 Å². The van der Waals surface area contributed by atoms with Gasteiger partial charge in [-0.2, -0.15) is 0 Å². The summed E-state index contributed by atoms with van der Waals surface area (Å²) in [7, 11) is -3.26. The summed E-state index contributed by atoms with van der Waals surface area (Å²) in [6.07, 6.45) is 0. The molecule has 2 unspecified atom stereocenters. The van der Waals surface area contributed by atoms with Gasteiger partial charge in [0.25, 0.3) is 11.1 Å². The molecule has 0 aliphatic heterocycles. The van der Waals surface area contributed by atoms with E-state index >= 15 is 0 Å².